The smallest absolute Gasteiger partial charge is 0.258 e. The van der Waals surface area contributed by atoms with Gasteiger partial charge in [-0.2, -0.15) is 0 Å². The standard InChI is InChI=1S/C12H14N2O3/c1-3-6-13-12(16)8-17-11-5-4-9(2)14-10(11)7-15/h1,4-5,15H,6-8H2,2H3,(H,13,16). The van der Waals surface area contributed by atoms with Crippen molar-refractivity contribution in [3.63, 3.8) is 0 Å². The molecule has 0 saturated carbocycles. The molecule has 0 atom stereocenters. The summed E-state index contributed by atoms with van der Waals surface area (Å²) in [5, 5.41) is 11.5. The van der Waals surface area contributed by atoms with Crippen LogP contribution >= 0.6 is 0 Å². The minimum Gasteiger partial charge on any atom is -0.482 e. The van der Waals surface area contributed by atoms with Gasteiger partial charge in [0.2, 0.25) is 0 Å². The number of aliphatic hydroxyl groups excluding tert-OH is 1. The van der Waals surface area contributed by atoms with E-state index in [0.717, 1.165) is 5.69 Å². The lowest BCUT2D eigenvalue weighted by Gasteiger charge is -2.09. The molecule has 1 rings (SSSR count). The summed E-state index contributed by atoms with van der Waals surface area (Å²) in [5.74, 6) is 2.37. The summed E-state index contributed by atoms with van der Waals surface area (Å²) in [7, 11) is 0. The molecule has 0 aliphatic carbocycles. The Morgan fingerprint density at radius 2 is 2.41 bits per heavy atom. The third kappa shape index (κ3) is 4.13. The Morgan fingerprint density at radius 3 is 3.06 bits per heavy atom. The molecule has 1 heterocycles. The molecule has 0 spiro atoms. The number of carbonyl (C=O) groups is 1. The van der Waals surface area contributed by atoms with Crippen LogP contribution < -0.4 is 10.1 Å². The summed E-state index contributed by atoms with van der Waals surface area (Å²) in [6, 6.07) is 3.41. The number of nitrogens with one attached hydrogen (secondary N) is 1. The van der Waals surface area contributed by atoms with Crippen molar-refractivity contribution in [1.29, 1.82) is 0 Å². The van der Waals surface area contributed by atoms with Gasteiger partial charge in [0, 0.05) is 5.69 Å². The van der Waals surface area contributed by atoms with Crippen molar-refractivity contribution in [1.82, 2.24) is 10.3 Å². The maximum atomic E-state index is 11.2. The molecule has 1 aromatic rings. The SMILES string of the molecule is C#CCNC(=O)COc1ccc(C)nc1CO. The molecule has 1 aromatic heterocycles. The van der Waals surface area contributed by atoms with E-state index in [2.05, 4.69) is 16.2 Å². The van der Waals surface area contributed by atoms with Gasteiger partial charge in [-0.25, -0.2) is 0 Å². The Labute approximate surface area is 99.8 Å². The molecule has 0 saturated heterocycles. The first kappa shape index (κ1) is 13.0. The Kier molecular flexibility index (Phi) is 4.98. The van der Waals surface area contributed by atoms with Crippen LogP contribution in [0, 0.1) is 19.3 Å². The van der Waals surface area contributed by atoms with E-state index in [-0.39, 0.29) is 25.7 Å². The average Bonchev–Trinajstić information content (AvgIpc) is 2.34. The van der Waals surface area contributed by atoms with E-state index in [4.69, 9.17) is 16.3 Å². The molecule has 5 nitrogen and oxygen atoms in total. The average molecular weight is 234 g/mol. The van der Waals surface area contributed by atoms with E-state index in [1.54, 1.807) is 12.1 Å². The highest BCUT2D eigenvalue weighted by Gasteiger charge is 2.07. The second kappa shape index (κ2) is 6.51. The van der Waals surface area contributed by atoms with Crippen LogP contribution in [0.3, 0.4) is 0 Å². The van der Waals surface area contributed by atoms with Gasteiger partial charge in [0.05, 0.1) is 13.2 Å². The van der Waals surface area contributed by atoms with Crippen LogP contribution in [0.25, 0.3) is 0 Å². The fourth-order valence-electron chi connectivity index (χ4n) is 1.19. The number of rotatable bonds is 5. The highest BCUT2D eigenvalue weighted by Crippen LogP contribution is 2.16. The molecule has 0 unspecified atom stereocenters. The van der Waals surface area contributed by atoms with Crippen LogP contribution in [0.5, 0.6) is 5.75 Å². The number of aryl methyl sites for hydroxylation is 1. The molecule has 0 aromatic carbocycles. The van der Waals surface area contributed by atoms with Gasteiger partial charge in [0.15, 0.2) is 6.61 Å². The highest BCUT2D eigenvalue weighted by atomic mass is 16.5. The maximum Gasteiger partial charge on any atom is 0.258 e. The molecule has 0 aliphatic rings. The van der Waals surface area contributed by atoms with Gasteiger partial charge in [-0.1, -0.05) is 5.92 Å². The highest BCUT2D eigenvalue weighted by molar-refractivity contribution is 5.77. The first-order valence-electron chi connectivity index (χ1n) is 5.07. The molecular formula is C12H14N2O3. The van der Waals surface area contributed by atoms with Gasteiger partial charge in [-0.3, -0.25) is 9.78 Å². The zero-order valence-electron chi connectivity index (χ0n) is 9.56. The van der Waals surface area contributed by atoms with E-state index in [1.807, 2.05) is 6.92 Å². The molecule has 0 radical (unpaired) electrons. The molecule has 1 amide bonds. The van der Waals surface area contributed by atoms with Crippen LogP contribution in [-0.4, -0.2) is 29.1 Å². The zero-order valence-corrected chi connectivity index (χ0v) is 9.56. The van der Waals surface area contributed by atoms with Crippen LogP contribution in [0.15, 0.2) is 12.1 Å². The molecule has 90 valence electrons. The van der Waals surface area contributed by atoms with Crippen molar-refractivity contribution in [3.8, 4) is 18.1 Å². The number of ether oxygens (including phenoxy) is 1. The van der Waals surface area contributed by atoms with Gasteiger partial charge in [-0.05, 0) is 19.1 Å². The predicted octanol–water partition coefficient (Wildman–Crippen LogP) is 0.0105. The Bertz CT molecular complexity index is 438. The van der Waals surface area contributed by atoms with E-state index < -0.39 is 0 Å². The molecule has 17 heavy (non-hydrogen) atoms. The Hall–Kier alpha value is -2.06. The van der Waals surface area contributed by atoms with Gasteiger partial charge >= 0.3 is 0 Å². The van der Waals surface area contributed by atoms with Crippen molar-refractivity contribution in [2.45, 2.75) is 13.5 Å². The second-order valence-corrected chi connectivity index (χ2v) is 3.33. The molecule has 2 N–H and O–H groups in total. The Balaban J connectivity index is 2.57. The molecular weight excluding hydrogens is 220 g/mol. The number of aromatic nitrogens is 1. The molecule has 0 fully saturated rings. The second-order valence-electron chi connectivity index (χ2n) is 3.33. The lowest BCUT2D eigenvalue weighted by atomic mass is 10.3. The first-order valence-corrected chi connectivity index (χ1v) is 5.07. The number of terminal acetylenes is 1. The third-order valence-corrected chi connectivity index (χ3v) is 1.97. The van der Waals surface area contributed by atoms with Gasteiger partial charge < -0.3 is 15.2 Å². The molecule has 5 heteroatoms. The fourth-order valence-corrected chi connectivity index (χ4v) is 1.19. The van der Waals surface area contributed by atoms with E-state index in [1.165, 1.54) is 0 Å². The number of carbonyl (C=O) groups excluding carboxylic acids is 1. The summed E-state index contributed by atoms with van der Waals surface area (Å²) in [4.78, 5) is 15.3. The minimum atomic E-state index is -0.313. The van der Waals surface area contributed by atoms with Crippen LogP contribution in [0.4, 0.5) is 0 Å². The van der Waals surface area contributed by atoms with Crippen molar-refractivity contribution in [3.05, 3.63) is 23.5 Å². The molecule has 0 bridgehead atoms. The van der Waals surface area contributed by atoms with Crippen LogP contribution in [0.2, 0.25) is 0 Å². The number of amides is 1. The van der Waals surface area contributed by atoms with Crippen LogP contribution in [-0.2, 0) is 11.4 Å². The van der Waals surface area contributed by atoms with Gasteiger partial charge in [-0.15, -0.1) is 6.42 Å². The van der Waals surface area contributed by atoms with E-state index >= 15 is 0 Å². The summed E-state index contributed by atoms with van der Waals surface area (Å²) < 4.78 is 5.24. The lowest BCUT2D eigenvalue weighted by Crippen LogP contribution is -2.29. The zero-order chi connectivity index (χ0) is 12.7. The monoisotopic (exact) mass is 234 g/mol. The van der Waals surface area contributed by atoms with Crippen molar-refractivity contribution >= 4 is 5.91 Å². The summed E-state index contributed by atoms with van der Waals surface area (Å²) in [6.45, 7) is 1.59. The topological polar surface area (TPSA) is 71.5 Å². The number of nitrogens with zero attached hydrogens (tertiary/aromatic N) is 1. The Morgan fingerprint density at radius 1 is 1.65 bits per heavy atom. The lowest BCUT2D eigenvalue weighted by molar-refractivity contribution is -0.122. The third-order valence-electron chi connectivity index (χ3n) is 1.97. The number of aliphatic hydroxyl groups is 1. The first-order chi connectivity index (χ1) is 8.17. The summed E-state index contributed by atoms with van der Waals surface area (Å²) in [6.07, 6.45) is 5.00. The van der Waals surface area contributed by atoms with E-state index in [9.17, 15) is 4.79 Å². The molecule has 0 aliphatic heterocycles. The minimum absolute atomic E-state index is 0.153. The number of pyridine rings is 1. The van der Waals surface area contributed by atoms with Crippen LogP contribution in [0.1, 0.15) is 11.4 Å². The van der Waals surface area contributed by atoms with Crippen molar-refractivity contribution in [2.75, 3.05) is 13.2 Å². The number of hydrogen-bond donors (Lipinski definition) is 2. The quantitative estimate of drug-likeness (QED) is 0.704. The van der Waals surface area contributed by atoms with Gasteiger partial charge in [0.25, 0.3) is 5.91 Å². The maximum absolute atomic E-state index is 11.2. The predicted molar refractivity (Wildman–Crippen MR) is 62.2 cm³/mol. The normalized spacial score (nSPS) is 9.47. The fraction of sp³-hybridized carbons (Fsp3) is 0.333. The summed E-state index contributed by atoms with van der Waals surface area (Å²) in [5.41, 5.74) is 1.19. The summed E-state index contributed by atoms with van der Waals surface area (Å²) >= 11 is 0. The van der Waals surface area contributed by atoms with Crippen molar-refractivity contribution in [2.24, 2.45) is 0 Å². The van der Waals surface area contributed by atoms with Crippen molar-refractivity contribution < 1.29 is 14.6 Å². The van der Waals surface area contributed by atoms with E-state index in [0.29, 0.717) is 11.4 Å². The number of hydrogen-bond acceptors (Lipinski definition) is 4. The van der Waals surface area contributed by atoms with Gasteiger partial charge in [0.1, 0.15) is 11.4 Å². The largest absolute Gasteiger partial charge is 0.482 e.